The van der Waals surface area contributed by atoms with Gasteiger partial charge >= 0.3 is 0 Å². The molecule has 0 aromatic carbocycles. The van der Waals surface area contributed by atoms with E-state index in [4.69, 9.17) is 5.26 Å². The van der Waals surface area contributed by atoms with E-state index in [1.54, 1.807) is 6.92 Å². The van der Waals surface area contributed by atoms with Gasteiger partial charge in [-0.25, -0.2) is 4.98 Å². The van der Waals surface area contributed by atoms with Gasteiger partial charge in [0.2, 0.25) is 0 Å². The van der Waals surface area contributed by atoms with Crippen LogP contribution in [0.4, 0.5) is 0 Å². The van der Waals surface area contributed by atoms with Crippen LogP contribution in [0.2, 0.25) is 0 Å². The Labute approximate surface area is 108 Å². The fourth-order valence-electron chi connectivity index (χ4n) is 1.52. The van der Waals surface area contributed by atoms with Gasteiger partial charge in [-0.1, -0.05) is 11.8 Å². The summed E-state index contributed by atoms with van der Waals surface area (Å²) in [7, 11) is 0. The minimum atomic E-state index is -0.214. The quantitative estimate of drug-likeness (QED) is 0.830. The molecule has 2 rings (SSSR count). The average Bonchev–Trinajstić information content (AvgIpc) is 2.28. The fourth-order valence-corrected chi connectivity index (χ4v) is 2.52. The van der Waals surface area contributed by atoms with Crippen molar-refractivity contribution in [3.05, 3.63) is 45.6 Å². The maximum atomic E-state index is 11.2. The van der Waals surface area contributed by atoms with E-state index >= 15 is 0 Å². The molecule has 6 heteroatoms. The molecule has 0 spiro atoms. The van der Waals surface area contributed by atoms with Crippen LogP contribution in [-0.2, 0) is 0 Å². The second-order valence-electron chi connectivity index (χ2n) is 3.68. The van der Waals surface area contributed by atoms with Crippen molar-refractivity contribution in [1.82, 2.24) is 15.0 Å². The molecule has 0 bridgehead atoms. The molecule has 0 saturated heterocycles. The Kier molecular flexibility index (Phi) is 3.44. The summed E-state index contributed by atoms with van der Waals surface area (Å²) in [5, 5.41) is 9.59. The molecule has 18 heavy (non-hydrogen) atoms. The molecule has 0 amide bonds. The summed E-state index contributed by atoms with van der Waals surface area (Å²) in [5.74, 6) is 0. The molecule has 0 aliphatic carbocycles. The van der Waals surface area contributed by atoms with Gasteiger partial charge in [-0.2, -0.15) is 5.26 Å². The SMILES string of the molecule is Cc1cc(Sc2nccc(=O)[nH]2)c(C#N)c(C)n1. The summed E-state index contributed by atoms with van der Waals surface area (Å²) in [5.41, 5.74) is 1.80. The molecule has 5 nitrogen and oxygen atoms in total. The number of hydrogen-bond acceptors (Lipinski definition) is 5. The molecule has 2 aromatic heterocycles. The van der Waals surface area contributed by atoms with Crippen molar-refractivity contribution in [2.24, 2.45) is 0 Å². The number of H-pyrrole nitrogens is 1. The molecule has 0 atom stereocenters. The monoisotopic (exact) mass is 258 g/mol. The smallest absolute Gasteiger partial charge is 0.251 e. The molecule has 0 aliphatic heterocycles. The molecular weight excluding hydrogens is 248 g/mol. The van der Waals surface area contributed by atoms with Crippen molar-refractivity contribution in [2.75, 3.05) is 0 Å². The number of aryl methyl sites for hydroxylation is 2. The number of nitrogens with zero attached hydrogens (tertiary/aromatic N) is 3. The zero-order valence-corrected chi connectivity index (χ0v) is 10.7. The highest BCUT2D eigenvalue weighted by molar-refractivity contribution is 7.99. The Hall–Kier alpha value is -2.13. The van der Waals surface area contributed by atoms with E-state index in [0.717, 1.165) is 10.6 Å². The third-order valence-corrected chi connectivity index (χ3v) is 3.20. The lowest BCUT2D eigenvalue weighted by atomic mass is 10.2. The normalized spacial score (nSPS) is 10.1. The first-order valence-corrected chi connectivity index (χ1v) is 6.03. The Morgan fingerprint density at radius 1 is 1.44 bits per heavy atom. The van der Waals surface area contributed by atoms with E-state index in [-0.39, 0.29) is 5.56 Å². The van der Waals surface area contributed by atoms with Crippen molar-refractivity contribution < 1.29 is 0 Å². The Bertz CT molecular complexity index is 687. The zero-order valence-electron chi connectivity index (χ0n) is 9.89. The van der Waals surface area contributed by atoms with Gasteiger partial charge in [-0.3, -0.25) is 9.78 Å². The topological polar surface area (TPSA) is 82.4 Å². The number of aromatic amines is 1. The highest BCUT2D eigenvalue weighted by atomic mass is 32.2. The second-order valence-corrected chi connectivity index (χ2v) is 4.71. The lowest BCUT2D eigenvalue weighted by Gasteiger charge is -2.06. The van der Waals surface area contributed by atoms with Crippen LogP contribution in [0.25, 0.3) is 0 Å². The molecule has 2 heterocycles. The van der Waals surface area contributed by atoms with Gasteiger partial charge in [-0.15, -0.1) is 0 Å². The van der Waals surface area contributed by atoms with Gasteiger partial charge in [0.1, 0.15) is 6.07 Å². The average molecular weight is 258 g/mol. The number of rotatable bonds is 2. The van der Waals surface area contributed by atoms with Gasteiger partial charge in [0.05, 0.1) is 11.3 Å². The minimum absolute atomic E-state index is 0.214. The third-order valence-electron chi connectivity index (χ3n) is 2.26. The Morgan fingerprint density at radius 3 is 2.89 bits per heavy atom. The van der Waals surface area contributed by atoms with Crippen LogP contribution in [0.15, 0.2) is 33.2 Å². The number of nitriles is 1. The van der Waals surface area contributed by atoms with E-state index in [2.05, 4.69) is 21.0 Å². The van der Waals surface area contributed by atoms with Gasteiger partial charge in [0.25, 0.3) is 5.56 Å². The number of nitrogens with one attached hydrogen (secondary N) is 1. The first kappa shape index (κ1) is 12.3. The van der Waals surface area contributed by atoms with Crippen molar-refractivity contribution in [2.45, 2.75) is 23.9 Å². The molecule has 0 saturated carbocycles. The van der Waals surface area contributed by atoms with E-state index in [0.29, 0.717) is 16.4 Å². The van der Waals surface area contributed by atoms with Crippen molar-refractivity contribution in [1.29, 1.82) is 5.26 Å². The summed E-state index contributed by atoms with van der Waals surface area (Å²) in [4.78, 5) is 22.8. The van der Waals surface area contributed by atoms with E-state index in [9.17, 15) is 4.79 Å². The summed E-state index contributed by atoms with van der Waals surface area (Å²) >= 11 is 1.25. The van der Waals surface area contributed by atoms with Crippen LogP contribution in [0.5, 0.6) is 0 Å². The van der Waals surface area contributed by atoms with Gasteiger partial charge in [0.15, 0.2) is 5.16 Å². The highest BCUT2D eigenvalue weighted by Gasteiger charge is 2.10. The molecule has 0 aliphatic rings. The summed E-state index contributed by atoms with van der Waals surface area (Å²) in [6, 6.07) is 5.28. The van der Waals surface area contributed by atoms with E-state index in [1.165, 1.54) is 24.0 Å². The first-order valence-electron chi connectivity index (χ1n) is 5.21. The standard InChI is InChI=1S/C12H10N4OS/c1-7-5-10(9(6-13)8(2)15-7)18-12-14-4-3-11(17)16-12/h3-5H,1-2H3,(H,14,16,17). The van der Waals surface area contributed by atoms with Crippen LogP contribution in [0.3, 0.4) is 0 Å². The van der Waals surface area contributed by atoms with Crippen LogP contribution in [-0.4, -0.2) is 15.0 Å². The van der Waals surface area contributed by atoms with Crippen molar-refractivity contribution in [3.8, 4) is 6.07 Å². The van der Waals surface area contributed by atoms with Crippen LogP contribution in [0.1, 0.15) is 17.0 Å². The van der Waals surface area contributed by atoms with Gasteiger partial charge < -0.3 is 4.98 Å². The second kappa shape index (κ2) is 5.02. The van der Waals surface area contributed by atoms with Crippen LogP contribution >= 0.6 is 11.8 Å². The predicted molar refractivity (Wildman–Crippen MR) is 67.4 cm³/mol. The highest BCUT2D eigenvalue weighted by Crippen LogP contribution is 2.28. The Balaban J connectivity index is 2.46. The number of hydrogen-bond donors (Lipinski definition) is 1. The lowest BCUT2D eigenvalue weighted by Crippen LogP contribution is -2.05. The van der Waals surface area contributed by atoms with E-state index < -0.39 is 0 Å². The molecular formula is C12H10N4OS. The molecule has 1 N–H and O–H groups in total. The molecule has 90 valence electrons. The van der Waals surface area contributed by atoms with Gasteiger partial charge in [0, 0.05) is 22.9 Å². The molecule has 2 aromatic rings. The maximum absolute atomic E-state index is 11.2. The van der Waals surface area contributed by atoms with Crippen molar-refractivity contribution in [3.63, 3.8) is 0 Å². The Morgan fingerprint density at radius 2 is 2.22 bits per heavy atom. The molecule has 0 fully saturated rings. The minimum Gasteiger partial charge on any atom is -0.301 e. The number of pyridine rings is 1. The third kappa shape index (κ3) is 2.57. The van der Waals surface area contributed by atoms with E-state index in [1.807, 2.05) is 13.0 Å². The largest absolute Gasteiger partial charge is 0.301 e. The molecule has 0 unspecified atom stereocenters. The summed E-state index contributed by atoms with van der Waals surface area (Å²) in [6.07, 6.45) is 1.44. The van der Waals surface area contributed by atoms with Crippen LogP contribution in [0, 0.1) is 25.2 Å². The van der Waals surface area contributed by atoms with Crippen LogP contribution < -0.4 is 5.56 Å². The van der Waals surface area contributed by atoms with Crippen molar-refractivity contribution >= 4 is 11.8 Å². The van der Waals surface area contributed by atoms with Gasteiger partial charge in [-0.05, 0) is 19.9 Å². The fraction of sp³-hybridized carbons (Fsp3) is 0.167. The zero-order chi connectivity index (χ0) is 13.1. The summed E-state index contributed by atoms with van der Waals surface area (Å²) in [6.45, 7) is 3.65. The summed E-state index contributed by atoms with van der Waals surface area (Å²) < 4.78 is 0. The number of aromatic nitrogens is 3. The maximum Gasteiger partial charge on any atom is 0.251 e. The lowest BCUT2D eigenvalue weighted by molar-refractivity contribution is 0.934. The molecule has 0 radical (unpaired) electrons. The predicted octanol–water partition coefficient (Wildman–Crippen LogP) is 1.80. The first-order chi connectivity index (χ1) is 8.60.